The number of aliphatic hydroxyl groups is 1. The number of hydrogen-bond donors (Lipinski definition) is 1. The van der Waals surface area contributed by atoms with E-state index in [0.29, 0.717) is 13.0 Å². The van der Waals surface area contributed by atoms with Crippen molar-refractivity contribution in [1.82, 2.24) is 14.8 Å². The van der Waals surface area contributed by atoms with Crippen molar-refractivity contribution in [3.8, 4) is 0 Å². The predicted octanol–water partition coefficient (Wildman–Crippen LogP) is 2.60. The molecule has 2 heterocycles. The van der Waals surface area contributed by atoms with Crippen LogP contribution in [0.2, 0.25) is 0 Å². The second-order valence-corrected chi connectivity index (χ2v) is 6.73. The van der Waals surface area contributed by atoms with Crippen LogP contribution in [0, 0.1) is 12.7 Å². The summed E-state index contributed by atoms with van der Waals surface area (Å²) in [6.07, 6.45) is 0.701. The van der Waals surface area contributed by atoms with Crippen LogP contribution < -0.4 is 0 Å². The molecule has 0 spiro atoms. The number of aliphatic hydroxyl groups excluding tert-OH is 1. The molecular formula is C20H26FN3O. The Bertz CT molecular complexity index is 694. The number of aryl methyl sites for hydroxylation is 1. The zero-order valence-corrected chi connectivity index (χ0v) is 14.7. The van der Waals surface area contributed by atoms with E-state index in [4.69, 9.17) is 0 Å². The number of aromatic nitrogens is 1. The Morgan fingerprint density at radius 3 is 2.72 bits per heavy atom. The standard InChI is InChI=1S/C20H26FN3O/c1-16-5-4-7-18(22-16)14-23-10-11-24(19(15-23)9-12-25)13-17-6-2-3-8-20(17)21/h2-8,19,25H,9-15H2,1H3/t19-/m1/s1. The first kappa shape index (κ1) is 18.0. The van der Waals surface area contributed by atoms with Crippen molar-refractivity contribution in [2.45, 2.75) is 32.5 Å². The lowest BCUT2D eigenvalue weighted by Gasteiger charge is -2.41. The largest absolute Gasteiger partial charge is 0.396 e. The predicted molar refractivity (Wildman–Crippen MR) is 96.6 cm³/mol. The van der Waals surface area contributed by atoms with Gasteiger partial charge >= 0.3 is 0 Å². The minimum atomic E-state index is -0.156. The molecule has 1 fully saturated rings. The van der Waals surface area contributed by atoms with Crippen LogP contribution in [0.4, 0.5) is 4.39 Å². The molecule has 134 valence electrons. The highest BCUT2D eigenvalue weighted by molar-refractivity contribution is 5.17. The Morgan fingerprint density at radius 1 is 1.12 bits per heavy atom. The monoisotopic (exact) mass is 343 g/mol. The molecule has 0 unspecified atom stereocenters. The van der Waals surface area contributed by atoms with Crippen LogP contribution in [0.25, 0.3) is 0 Å². The Labute approximate surface area is 148 Å². The van der Waals surface area contributed by atoms with Crippen molar-refractivity contribution in [3.63, 3.8) is 0 Å². The van der Waals surface area contributed by atoms with Gasteiger partial charge in [0.15, 0.2) is 0 Å². The number of benzene rings is 1. The fraction of sp³-hybridized carbons (Fsp3) is 0.450. The summed E-state index contributed by atoms with van der Waals surface area (Å²) in [7, 11) is 0. The van der Waals surface area contributed by atoms with Gasteiger partial charge in [-0.25, -0.2) is 4.39 Å². The van der Waals surface area contributed by atoms with Gasteiger partial charge in [0.05, 0.1) is 5.69 Å². The SMILES string of the molecule is Cc1cccc(CN2CCN(Cc3ccccc3F)[C@H](CCO)C2)n1. The summed E-state index contributed by atoms with van der Waals surface area (Å²) in [6.45, 7) is 6.21. The van der Waals surface area contributed by atoms with Gasteiger partial charge in [0.25, 0.3) is 0 Å². The van der Waals surface area contributed by atoms with Crippen molar-refractivity contribution in [1.29, 1.82) is 0 Å². The molecule has 1 aromatic heterocycles. The molecular weight excluding hydrogens is 317 g/mol. The smallest absolute Gasteiger partial charge is 0.127 e. The first-order valence-corrected chi connectivity index (χ1v) is 8.89. The van der Waals surface area contributed by atoms with Gasteiger partial charge in [-0.05, 0) is 31.5 Å². The van der Waals surface area contributed by atoms with Crippen molar-refractivity contribution < 1.29 is 9.50 Å². The quantitative estimate of drug-likeness (QED) is 0.875. The van der Waals surface area contributed by atoms with E-state index in [0.717, 1.165) is 43.1 Å². The number of rotatable bonds is 6. The van der Waals surface area contributed by atoms with Gasteiger partial charge in [0.2, 0.25) is 0 Å². The van der Waals surface area contributed by atoms with Crippen LogP contribution in [0.3, 0.4) is 0 Å². The lowest BCUT2D eigenvalue weighted by Crippen LogP contribution is -2.52. The highest BCUT2D eigenvalue weighted by Crippen LogP contribution is 2.19. The minimum Gasteiger partial charge on any atom is -0.396 e. The molecule has 3 rings (SSSR count). The lowest BCUT2D eigenvalue weighted by molar-refractivity contribution is 0.0487. The van der Waals surface area contributed by atoms with Crippen LogP contribution in [-0.4, -0.2) is 52.2 Å². The van der Waals surface area contributed by atoms with Crippen molar-refractivity contribution >= 4 is 0 Å². The molecule has 1 atom stereocenters. The molecule has 25 heavy (non-hydrogen) atoms. The molecule has 5 heteroatoms. The molecule has 0 radical (unpaired) electrons. The Kier molecular flexibility index (Phi) is 6.13. The molecule has 0 bridgehead atoms. The fourth-order valence-corrected chi connectivity index (χ4v) is 3.49. The van der Waals surface area contributed by atoms with Gasteiger partial charge in [-0.15, -0.1) is 0 Å². The first-order chi connectivity index (χ1) is 12.2. The van der Waals surface area contributed by atoms with E-state index in [1.54, 1.807) is 6.07 Å². The van der Waals surface area contributed by atoms with Crippen molar-refractivity contribution in [2.75, 3.05) is 26.2 Å². The third-order valence-electron chi connectivity index (χ3n) is 4.81. The van der Waals surface area contributed by atoms with E-state index in [1.807, 2.05) is 31.2 Å². The lowest BCUT2D eigenvalue weighted by atomic mass is 10.1. The van der Waals surface area contributed by atoms with Gasteiger partial charge in [0.1, 0.15) is 5.82 Å². The van der Waals surface area contributed by atoms with Crippen LogP contribution in [0.5, 0.6) is 0 Å². The Morgan fingerprint density at radius 2 is 1.96 bits per heavy atom. The van der Waals surface area contributed by atoms with Crippen LogP contribution in [0.15, 0.2) is 42.5 Å². The normalized spacial score (nSPS) is 19.2. The molecule has 0 saturated carbocycles. The van der Waals surface area contributed by atoms with E-state index in [2.05, 4.69) is 20.9 Å². The van der Waals surface area contributed by atoms with Crippen LogP contribution in [-0.2, 0) is 13.1 Å². The van der Waals surface area contributed by atoms with Gasteiger partial charge in [-0.3, -0.25) is 14.8 Å². The molecule has 1 aliphatic heterocycles. The molecule has 1 saturated heterocycles. The summed E-state index contributed by atoms with van der Waals surface area (Å²) in [5, 5.41) is 9.44. The van der Waals surface area contributed by atoms with E-state index in [9.17, 15) is 9.50 Å². The van der Waals surface area contributed by atoms with Crippen LogP contribution in [0.1, 0.15) is 23.4 Å². The minimum absolute atomic E-state index is 0.148. The third-order valence-corrected chi connectivity index (χ3v) is 4.81. The summed E-state index contributed by atoms with van der Waals surface area (Å²) in [5.41, 5.74) is 2.83. The molecule has 4 nitrogen and oxygen atoms in total. The highest BCUT2D eigenvalue weighted by Gasteiger charge is 2.27. The third kappa shape index (κ3) is 4.84. The van der Waals surface area contributed by atoms with Crippen molar-refractivity contribution in [3.05, 3.63) is 65.2 Å². The Balaban J connectivity index is 1.65. The molecule has 2 aromatic rings. The molecule has 0 amide bonds. The average Bonchev–Trinajstić information content (AvgIpc) is 2.59. The second-order valence-electron chi connectivity index (χ2n) is 6.73. The number of piperazine rings is 1. The summed E-state index contributed by atoms with van der Waals surface area (Å²) in [4.78, 5) is 9.24. The molecule has 1 aromatic carbocycles. The summed E-state index contributed by atoms with van der Waals surface area (Å²) in [5.74, 6) is -0.156. The molecule has 1 aliphatic rings. The highest BCUT2D eigenvalue weighted by atomic mass is 19.1. The fourth-order valence-electron chi connectivity index (χ4n) is 3.49. The number of pyridine rings is 1. The van der Waals surface area contributed by atoms with E-state index >= 15 is 0 Å². The first-order valence-electron chi connectivity index (χ1n) is 8.89. The maximum Gasteiger partial charge on any atom is 0.127 e. The number of nitrogens with zero attached hydrogens (tertiary/aromatic N) is 3. The van der Waals surface area contributed by atoms with E-state index in [-0.39, 0.29) is 18.5 Å². The van der Waals surface area contributed by atoms with Gasteiger partial charge in [0, 0.05) is 56.6 Å². The zero-order valence-electron chi connectivity index (χ0n) is 14.7. The number of hydrogen-bond acceptors (Lipinski definition) is 4. The van der Waals surface area contributed by atoms with Crippen LogP contribution >= 0.6 is 0 Å². The average molecular weight is 343 g/mol. The maximum absolute atomic E-state index is 14.0. The van der Waals surface area contributed by atoms with E-state index < -0.39 is 0 Å². The van der Waals surface area contributed by atoms with Crippen molar-refractivity contribution in [2.24, 2.45) is 0 Å². The van der Waals surface area contributed by atoms with Gasteiger partial charge in [-0.2, -0.15) is 0 Å². The maximum atomic E-state index is 14.0. The van der Waals surface area contributed by atoms with E-state index in [1.165, 1.54) is 6.07 Å². The number of halogens is 1. The zero-order chi connectivity index (χ0) is 17.6. The summed E-state index contributed by atoms with van der Waals surface area (Å²) < 4.78 is 14.0. The molecule has 1 N–H and O–H groups in total. The molecule has 0 aliphatic carbocycles. The van der Waals surface area contributed by atoms with Gasteiger partial charge < -0.3 is 5.11 Å². The Hall–Kier alpha value is -1.82. The van der Waals surface area contributed by atoms with Gasteiger partial charge in [-0.1, -0.05) is 24.3 Å². The summed E-state index contributed by atoms with van der Waals surface area (Å²) in [6, 6.07) is 13.3. The second kappa shape index (κ2) is 8.52. The topological polar surface area (TPSA) is 39.6 Å². The summed E-state index contributed by atoms with van der Waals surface area (Å²) >= 11 is 0.